The summed E-state index contributed by atoms with van der Waals surface area (Å²) >= 11 is 0. The van der Waals surface area contributed by atoms with Gasteiger partial charge < -0.3 is 15.7 Å². The number of hydrogen-bond donors (Lipinski definition) is 3. The average molecular weight is 430 g/mol. The first-order valence-electron chi connectivity index (χ1n) is 9.98. The lowest BCUT2D eigenvalue weighted by Gasteiger charge is -2.15. The number of rotatable bonds is 9. The first kappa shape index (κ1) is 22.4. The van der Waals surface area contributed by atoms with Crippen molar-refractivity contribution in [3.05, 3.63) is 107 Å². The predicted molar refractivity (Wildman–Crippen MR) is 118 cm³/mol. The molecule has 0 spiro atoms. The summed E-state index contributed by atoms with van der Waals surface area (Å²) in [7, 11) is 0. The molecule has 1 atom stereocenters. The second-order valence-corrected chi connectivity index (χ2v) is 7.10. The average Bonchev–Trinajstić information content (AvgIpc) is 2.83. The van der Waals surface area contributed by atoms with Crippen molar-refractivity contribution in [1.82, 2.24) is 10.6 Å². The van der Waals surface area contributed by atoms with E-state index in [4.69, 9.17) is 0 Å². The predicted octanol–water partition coefficient (Wildman–Crippen LogP) is 2.46. The largest absolute Gasteiger partial charge is 0.480 e. The summed E-state index contributed by atoms with van der Waals surface area (Å²) < 4.78 is 0. The number of aliphatic carboxylic acids is 1. The van der Waals surface area contributed by atoms with Crippen LogP contribution in [0.5, 0.6) is 0 Å². The van der Waals surface area contributed by atoms with E-state index in [1.165, 1.54) is 0 Å². The molecule has 0 saturated heterocycles. The van der Waals surface area contributed by atoms with Crippen LogP contribution < -0.4 is 10.6 Å². The zero-order valence-electron chi connectivity index (χ0n) is 17.2. The quantitative estimate of drug-likeness (QED) is 0.452. The van der Waals surface area contributed by atoms with Crippen LogP contribution in [0.15, 0.2) is 84.9 Å². The molecule has 7 nitrogen and oxygen atoms in total. The van der Waals surface area contributed by atoms with Crippen LogP contribution in [0.2, 0.25) is 0 Å². The van der Waals surface area contributed by atoms with E-state index in [9.17, 15) is 24.3 Å². The summed E-state index contributed by atoms with van der Waals surface area (Å²) in [4.78, 5) is 48.2. The summed E-state index contributed by atoms with van der Waals surface area (Å²) in [5.41, 5.74) is 2.10. The molecule has 3 N–H and O–H groups in total. The van der Waals surface area contributed by atoms with E-state index >= 15 is 0 Å². The highest BCUT2D eigenvalue weighted by atomic mass is 16.4. The Kier molecular flexibility index (Phi) is 7.48. The SMILES string of the molecule is O=C(CNC(=O)c1ccccc1)N[C@H](Cc1ccc(C(=O)c2ccccc2)cc1)C(=O)O. The van der Waals surface area contributed by atoms with Crippen LogP contribution in [-0.4, -0.2) is 41.3 Å². The Morgan fingerprint density at radius 3 is 1.81 bits per heavy atom. The molecule has 0 heterocycles. The minimum atomic E-state index is -1.20. The number of hydrogen-bond acceptors (Lipinski definition) is 4. The summed E-state index contributed by atoms with van der Waals surface area (Å²) in [6.07, 6.45) is 0.0352. The molecule has 0 unspecified atom stereocenters. The maximum Gasteiger partial charge on any atom is 0.326 e. The molecule has 0 aliphatic rings. The van der Waals surface area contributed by atoms with Crippen molar-refractivity contribution in [3.63, 3.8) is 0 Å². The van der Waals surface area contributed by atoms with Gasteiger partial charge in [-0.1, -0.05) is 72.8 Å². The molecule has 0 bridgehead atoms. The van der Waals surface area contributed by atoms with Crippen LogP contribution in [0.1, 0.15) is 31.8 Å². The number of ketones is 1. The van der Waals surface area contributed by atoms with Gasteiger partial charge in [0.1, 0.15) is 6.04 Å². The number of carbonyl (C=O) groups is 4. The van der Waals surface area contributed by atoms with E-state index < -0.39 is 23.8 Å². The Bertz CT molecular complexity index is 1100. The van der Waals surface area contributed by atoms with Crippen molar-refractivity contribution in [3.8, 4) is 0 Å². The highest BCUT2D eigenvalue weighted by Gasteiger charge is 2.21. The first-order valence-corrected chi connectivity index (χ1v) is 9.98. The van der Waals surface area contributed by atoms with E-state index in [1.807, 2.05) is 6.07 Å². The molecule has 0 saturated carbocycles. The van der Waals surface area contributed by atoms with Gasteiger partial charge >= 0.3 is 5.97 Å². The third-order valence-electron chi connectivity index (χ3n) is 4.77. The lowest BCUT2D eigenvalue weighted by Crippen LogP contribution is -2.46. The number of carbonyl (C=O) groups excluding carboxylic acids is 3. The van der Waals surface area contributed by atoms with Crippen LogP contribution in [0.4, 0.5) is 0 Å². The highest BCUT2D eigenvalue weighted by molar-refractivity contribution is 6.08. The minimum Gasteiger partial charge on any atom is -0.480 e. The van der Waals surface area contributed by atoms with Crippen LogP contribution in [0.25, 0.3) is 0 Å². The molecule has 162 valence electrons. The molecule has 3 aromatic rings. The maximum atomic E-state index is 12.5. The number of carboxylic acid groups (broad SMARTS) is 1. The van der Waals surface area contributed by atoms with E-state index in [2.05, 4.69) is 10.6 Å². The van der Waals surface area contributed by atoms with E-state index in [-0.39, 0.29) is 18.7 Å². The van der Waals surface area contributed by atoms with Gasteiger partial charge in [0.25, 0.3) is 5.91 Å². The van der Waals surface area contributed by atoms with Gasteiger partial charge in [0, 0.05) is 23.1 Å². The fourth-order valence-corrected chi connectivity index (χ4v) is 3.08. The molecule has 3 rings (SSSR count). The van der Waals surface area contributed by atoms with Crippen molar-refractivity contribution in [2.24, 2.45) is 0 Å². The van der Waals surface area contributed by atoms with Crippen LogP contribution >= 0.6 is 0 Å². The topological polar surface area (TPSA) is 113 Å². The second-order valence-electron chi connectivity index (χ2n) is 7.10. The van der Waals surface area contributed by atoms with Crippen molar-refractivity contribution in [1.29, 1.82) is 0 Å². The van der Waals surface area contributed by atoms with Crippen LogP contribution in [-0.2, 0) is 16.0 Å². The molecular weight excluding hydrogens is 408 g/mol. The lowest BCUT2D eigenvalue weighted by atomic mass is 9.99. The fraction of sp³-hybridized carbons (Fsp3) is 0.120. The highest BCUT2D eigenvalue weighted by Crippen LogP contribution is 2.12. The summed E-state index contributed by atoms with van der Waals surface area (Å²) in [5.74, 6) is -2.37. The summed E-state index contributed by atoms with van der Waals surface area (Å²) in [5, 5.41) is 14.4. The van der Waals surface area contributed by atoms with Crippen LogP contribution in [0, 0.1) is 0 Å². The third kappa shape index (κ3) is 6.12. The lowest BCUT2D eigenvalue weighted by molar-refractivity contribution is -0.141. The Labute approximate surface area is 185 Å². The summed E-state index contributed by atoms with van der Waals surface area (Å²) in [6, 6.07) is 22.6. The second kappa shape index (κ2) is 10.7. The fourth-order valence-electron chi connectivity index (χ4n) is 3.08. The van der Waals surface area contributed by atoms with Crippen molar-refractivity contribution in [2.45, 2.75) is 12.5 Å². The molecule has 3 aromatic carbocycles. The van der Waals surface area contributed by atoms with E-state index in [0.29, 0.717) is 22.3 Å². The van der Waals surface area contributed by atoms with E-state index in [1.54, 1.807) is 78.9 Å². The molecule has 2 amide bonds. The Balaban J connectivity index is 1.56. The standard InChI is InChI=1S/C25H22N2O5/c28-22(16-26-24(30)20-9-5-2-6-10-20)27-21(25(31)32)15-17-11-13-19(14-12-17)23(29)18-7-3-1-4-8-18/h1-14,21H,15-16H2,(H,26,30)(H,27,28)(H,31,32)/t21-/m1/s1. The van der Waals surface area contributed by atoms with Gasteiger partial charge in [0.15, 0.2) is 5.78 Å². The molecular formula is C25H22N2O5. The molecule has 0 aromatic heterocycles. The Hall–Kier alpha value is -4.26. The number of benzene rings is 3. The van der Waals surface area contributed by atoms with Crippen LogP contribution in [0.3, 0.4) is 0 Å². The normalized spacial score (nSPS) is 11.2. The number of amides is 2. The first-order chi connectivity index (χ1) is 15.4. The van der Waals surface area contributed by atoms with Crippen molar-refractivity contribution < 1.29 is 24.3 Å². The minimum absolute atomic E-state index is 0.0352. The number of nitrogens with one attached hydrogen (secondary N) is 2. The molecule has 0 aliphatic carbocycles. The molecule has 32 heavy (non-hydrogen) atoms. The van der Waals surface area contributed by atoms with Gasteiger partial charge in [-0.15, -0.1) is 0 Å². The molecule has 0 fully saturated rings. The summed E-state index contributed by atoms with van der Waals surface area (Å²) in [6.45, 7) is -0.345. The zero-order valence-corrected chi connectivity index (χ0v) is 17.2. The molecule has 7 heteroatoms. The van der Waals surface area contributed by atoms with Gasteiger partial charge in [-0.3, -0.25) is 14.4 Å². The van der Waals surface area contributed by atoms with Gasteiger partial charge in [0.05, 0.1) is 6.54 Å². The smallest absolute Gasteiger partial charge is 0.326 e. The zero-order chi connectivity index (χ0) is 22.9. The van der Waals surface area contributed by atoms with Crippen molar-refractivity contribution in [2.75, 3.05) is 6.54 Å². The Morgan fingerprint density at radius 1 is 0.719 bits per heavy atom. The Morgan fingerprint density at radius 2 is 1.25 bits per heavy atom. The van der Waals surface area contributed by atoms with Gasteiger partial charge in [-0.2, -0.15) is 0 Å². The van der Waals surface area contributed by atoms with Gasteiger partial charge in [0.2, 0.25) is 5.91 Å². The van der Waals surface area contributed by atoms with Gasteiger partial charge in [-0.05, 0) is 17.7 Å². The van der Waals surface area contributed by atoms with Gasteiger partial charge in [-0.25, -0.2) is 4.79 Å². The monoisotopic (exact) mass is 430 g/mol. The molecule has 0 aliphatic heterocycles. The van der Waals surface area contributed by atoms with E-state index in [0.717, 1.165) is 0 Å². The third-order valence-corrected chi connectivity index (χ3v) is 4.77. The van der Waals surface area contributed by atoms with Crippen molar-refractivity contribution >= 4 is 23.6 Å². The molecule has 0 radical (unpaired) electrons. The maximum absolute atomic E-state index is 12.5. The number of carboxylic acids is 1.